The SMILES string of the molecule is Cc1oc(-c2cccs2)nc1CN1CCCC1c1nc(C(C)C)no1. The maximum atomic E-state index is 5.87. The number of thiophene rings is 1. The van der Waals surface area contributed by atoms with Crippen molar-refractivity contribution in [2.24, 2.45) is 0 Å². The molecule has 1 atom stereocenters. The van der Waals surface area contributed by atoms with E-state index in [2.05, 4.69) is 28.9 Å². The van der Waals surface area contributed by atoms with Crippen LogP contribution < -0.4 is 0 Å². The zero-order valence-electron chi connectivity index (χ0n) is 14.7. The lowest BCUT2D eigenvalue weighted by molar-refractivity contribution is 0.198. The Bertz CT molecular complexity index is 837. The van der Waals surface area contributed by atoms with Crippen molar-refractivity contribution < 1.29 is 8.94 Å². The summed E-state index contributed by atoms with van der Waals surface area (Å²) in [6.07, 6.45) is 2.16. The highest BCUT2D eigenvalue weighted by molar-refractivity contribution is 7.13. The van der Waals surface area contributed by atoms with E-state index in [-0.39, 0.29) is 12.0 Å². The highest BCUT2D eigenvalue weighted by atomic mass is 32.1. The van der Waals surface area contributed by atoms with Crippen molar-refractivity contribution in [1.82, 2.24) is 20.0 Å². The molecule has 6 nitrogen and oxygen atoms in total. The Hall–Kier alpha value is -1.99. The van der Waals surface area contributed by atoms with Crippen LogP contribution in [0.15, 0.2) is 26.5 Å². The fourth-order valence-corrected chi connectivity index (χ4v) is 3.83. The summed E-state index contributed by atoms with van der Waals surface area (Å²) in [5.74, 6) is 3.36. The molecule has 0 spiro atoms. The molecule has 0 aliphatic carbocycles. The van der Waals surface area contributed by atoms with Crippen LogP contribution in [0, 0.1) is 6.92 Å². The minimum absolute atomic E-state index is 0.168. The van der Waals surface area contributed by atoms with Crippen LogP contribution in [0.3, 0.4) is 0 Å². The second-order valence-electron chi connectivity index (χ2n) is 6.77. The van der Waals surface area contributed by atoms with Crippen molar-refractivity contribution in [2.75, 3.05) is 6.54 Å². The zero-order valence-corrected chi connectivity index (χ0v) is 15.5. The highest BCUT2D eigenvalue weighted by Gasteiger charge is 2.32. The molecule has 3 aromatic heterocycles. The molecule has 25 heavy (non-hydrogen) atoms. The Morgan fingerprint density at radius 2 is 2.24 bits per heavy atom. The third-order valence-electron chi connectivity index (χ3n) is 4.60. The second kappa shape index (κ2) is 6.72. The smallest absolute Gasteiger partial charge is 0.244 e. The van der Waals surface area contributed by atoms with Gasteiger partial charge < -0.3 is 8.94 Å². The first kappa shape index (κ1) is 16.5. The molecule has 3 aromatic rings. The Morgan fingerprint density at radius 3 is 2.96 bits per heavy atom. The van der Waals surface area contributed by atoms with Crippen molar-refractivity contribution >= 4 is 11.3 Å². The Balaban J connectivity index is 1.53. The maximum Gasteiger partial charge on any atom is 0.244 e. The van der Waals surface area contributed by atoms with E-state index in [4.69, 9.17) is 13.9 Å². The van der Waals surface area contributed by atoms with Gasteiger partial charge in [-0.2, -0.15) is 4.98 Å². The summed E-state index contributed by atoms with van der Waals surface area (Å²) in [5.41, 5.74) is 0.985. The lowest BCUT2D eigenvalue weighted by Gasteiger charge is -2.20. The highest BCUT2D eigenvalue weighted by Crippen LogP contribution is 2.34. The van der Waals surface area contributed by atoms with Gasteiger partial charge in [-0.1, -0.05) is 25.1 Å². The Labute approximate surface area is 150 Å². The average Bonchev–Trinajstić information content (AvgIpc) is 3.35. The Morgan fingerprint density at radius 1 is 1.36 bits per heavy atom. The minimum atomic E-state index is 0.168. The lowest BCUT2D eigenvalue weighted by atomic mass is 10.2. The first-order chi connectivity index (χ1) is 12.1. The van der Waals surface area contributed by atoms with Crippen LogP contribution in [0.5, 0.6) is 0 Å². The van der Waals surface area contributed by atoms with Gasteiger partial charge in [0.1, 0.15) is 5.76 Å². The standard InChI is InChI=1S/C18H22N4O2S/c1-11(2)16-20-17(24-21-16)14-6-4-8-22(14)10-13-12(3)23-18(19-13)15-7-5-9-25-15/h5,7,9,11,14H,4,6,8,10H2,1-3H3. The number of hydrogen-bond donors (Lipinski definition) is 0. The molecule has 1 aliphatic heterocycles. The van der Waals surface area contributed by atoms with Crippen LogP contribution in [-0.4, -0.2) is 26.6 Å². The molecule has 1 aliphatic rings. The normalized spacial score (nSPS) is 18.5. The number of aromatic nitrogens is 3. The van der Waals surface area contributed by atoms with Gasteiger partial charge in [-0.3, -0.25) is 4.90 Å². The third-order valence-corrected chi connectivity index (χ3v) is 5.46. The number of likely N-dealkylation sites (tertiary alicyclic amines) is 1. The van der Waals surface area contributed by atoms with Gasteiger partial charge in [0, 0.05) is 12.5 Å². The van der Waals surface area contributed by atoms with E-state index in [9.17, 15) is 0 Å². The molecule has 0 amide bonds. The van der Waals surface area contributed by atoms with E-state index in [0.717, 1.165) is 54.0 Å². The van der Waals surface area contributed by atoms with E-state index in [1.807, 2.05) is 24.4 Å². The molecule has 0 bridgehead atoms. The van der Waals surface area contributed by atoms with E-state index < -0.39 is 0 Å². The summed E-state index contributed by atoms with van der Waals surface area (Å²) < 4.78 is 11.4. The molecule has 7 heteroatoms. The summed E-state index contributed by atoms with van der Waals surface area (Å²) in [5, 5.41) is 6.15. The van der Waals surface area contributed by atoms with Crippen LogP contribution in [-0.2, 0) is 6.54 Å². The number of aryl methyl sites for hydroxylation is 1. The monoisotopic (exact) mass is 358 g/mol. The van der Waals surface area contributed by atoms with Gasteiger partial charge in [0.15, 0.2) is 5.82 Å². The van der Waals surface area contributed by atoms with E-state index in [1.54, 1.807) is 11.3 Å². The zero-order chi connectivity index (χ0) is 17.4. The number of rotatable bonds is 5. The molecule has 4 rings (SSSR count). The molecule has 0 radical (unpaired) electrons. The first-order valence-electron chi connectivity index (χ1n) is 8.69. The minimum Gasteiger partial charge on any atom is -0.440 e. The molecule has 1 unspecified atom stereocenters. The van der Waals surface area contributed by atoms with Gasteiger partial charge in [-0.25, -0.2) is 4.98 Å². The van der Waals surface area contributed by atoms with Gasteiger partial charge in [-0.15, -0.1) is 11.3 Å². The van der Waals surface area contributed by atoms with Crippen LogP contribution in [0.25, 0.3) is 10.8 Å². The second-order valence-corrected chi connectivity index (χ2v) is 7.72. The summed E-state index contributed by atoms with van der Waals surface area (Å²) in [7, 11) is 0. The maximum absolute atomic E-state index is 5.87. The van der Waals surface area contributed by atoms with Crippen molar-refractivity contribution in [3.63, 3.8) is 0 Å². The van der Waals surface area contributed by atoms with Crippen molar-refractivity contribution in [1.29, 1.82) is 0 Å². The fraction of sp³-hybridized carbons (Fsp3) is 0.500. The first-order valence-corrected chi connectivity index (χ1v) is 9.57. The number of hydrogen-bond acceptors (Lipinski definition) is 7. The molecular weight excluding hydrogens is 336 g/mol. The molecule has 0 N–H and O–H groups in total. The molecule has 4 heterocycles. The third kappa shape index (κ3) is 3.26. The molecular formula is C18H22N4O2S. The molecule has 0 saturated carbocycles. The summed E-state index contributed by atoms with van der Waals surface area (Å²) in [6, 6.07) is 4.21. The van der Waals surface area contributed by atoms with Gasteiger partial charge in [0.05, 0.1) is 16.6 Å². The lowest BCUT2D eigenvalue weighted by Crippen LogP contribution is -2.23. The molecule has 1 saturated heterocycles. The van der Waals surface area contributed by atoms with E-state index in [0.29, 0.717) is 5.89 Å². The number of oxazole rings is 1. The fourth-order valence-electron chi connectivity index (χ4n) is 3.18. The van der Waals surface area contributed by atoms with Gasteiger partial charge >= 0.3 is 0 Å². The van der Waals surface area contributed by atoms with E-state index >= 15 is 0 Å². The predicted octanol–water partition coefficient (Wildman–Crippen LogP) is 4.56. The average molecular weight is 358 g/mol. The van der Waals surface area contributed by atoms with Gasteiger partial charge in [-0.05, 0) is 37.8 Å². The van der Waals surface area contributed by atoms with Crippen LogP contribution in [0.2, 0.25) is 0 Å². The van der Waals surface area contributed by atoms with Crippen molar-refractivity contribution in [2.45, 2.75) is 52.1 Å². The summed E-state index contributed by atoms with van der Waals surface area (Å²) in [6.45, 7) is 7.88. The van der Waals surface area contributed by atoms with Crippen LogP contribution in [0.1, 0.15) is 61.8 Å². The van der Waals surface area contributed by atoms with Gasteiger partial charge in [0.25, 0.3) is 0 Å². The summed E-state index contributed by atoms with van der Waals surface area (Å²) >= 11 is 1.64. The van der Waals surface area contributed by atoms with Crippen molar-refractivity contribution in [3.05, 3.63) is 40.7 Å². The topological polar surface area (TPSA) is 68.2 Å². The quantitative estimate of drug-likeness (QED) is 0.666. The summed E-state index contributed by atoms with van der Waals surface area (Å²) in [4.78, 5) is 12.7. The van der Waals surface area contributed by atoms with E-state index in [1.165, 1.54) is 0 Å². The Kier molecular flexibility index (Phi) is 4.43. The predicted molar refractivity (Wildman–Crippen MR) is 95.3 cm³/mol. The molecule has 1 fully saturated rings. The van der Waals surface area contributed by atoms with Crippen LogP contribution in [0.4, 0.5) is 0 Å². The number of nitrogens with zero attached hydrogens (tertiary/aromatic N) is 4. The molecule has 0 aromatic carbocycles. The largest absolute Gasteiger partial charge is 0.440 e. The molecule has 132 valence electrons. The van der Waals surface area contributed by atoms with Crippen LogP contribution >= 0.6 is 11.3 Å². The van der Waals surface area contributed by atoms with Gasteiger partial charge in [0.2, 0.25) is 11.8 Å². The van der Waals surface area contributed by atoms with Crippen molar-refractivity contribution in [3.8, 4) is 10.8 Å².